The third kappa shape index (κ3) is 4.09. The minimum Gasteiger partial charge on any atom is -0.484 e. The molecule has 0 saturated heterocycles. The summed E-state index contributed by atoms with van der Waals surface area (Å²) in [6.45, 7) is 1.89. The van der Waals surface area contributed by atoms with E-state index in [4.69, 9.17) is 9.15 Å². The second-order valence-corrected chi connectivity index (χ2v) is 11.4. The van der Waals surface area contributed by atoms with Crippen molar-refractivity contribution < 1.29 is 17.6 Å². The molecule has 6 rings (SSSR count). The summed E-state index contributed by atoms with van der Waals surface area (Å²) < 4.78 is 40.9. The standard InChI is InChI=1S/C26H25N5O4S/c1-16-28-29-25(35-16)15-34-20-9-12-22-23(14-27)26(31(24(22)13-20)19-3-2-4-19)17-5-7-18(8-6-17)30-36(32,33)21-10-11-21/h5-9,12-13,19,21,30H,2-4,10-11,15H2,1H3. The number of hydrogen-bond donors (Lipinski definition) is 1. The van der Waals surface area contributed by atoms with Gasteiger partial charge in [-0.15, -0.1) is 10.2 Å². The monoisotopic (exact) mass is 503 g/mol. The maximum absolute atomic E-state index is 12.3. The molecule has 2 saturated carbocycles. The first-order valence-electron chi connectivity index (χ1n) is 12.0. The lowest BCUT2D eigenvalue weighted by atomic mass is 9.92. The molecule has 0 atom stereocenters. The fourth-order valence-electron chi connectivity index (χ4n) is 4.66. The minimum atomic E-state index is -3.33. The number of nitrogens with one attached hydrogen (secondary N) is 1. The van der Waals surface area contributed by atoms with Gasteiger partial charge in [0.25, 0.3) is 5.89 Å². The summed E-state index contributed by atoms with van der Waals surface area (Å²) in [6, 6.07) is 15.7. The van der Waals surface area contributed by atoms with Crippen LogP contribution in [0.15, 0.2) is 46.9 Å². The van der Waals surface area contributed by atoms with Crippen molar-refractivity contribution in [2.45, 2.75) is 56.9 Å². The lowest BCUT2D eigenvalue weighted by Crippen LogP contribution is -2.18. The van der Waals surface area contributed by atoms with Gasteiger partial charge in [-0.25, -0.2) is 8.42 Å². The maximum atomic E-state index is 12.3. The van der Waals surface area contributed by atoms with Crippen molar-refractivity contribution in [2.75, 3.05) is 4.72 Å². The summed E-state index contributed by atoms with van der Waals surface area (Å²) in [5.41, 5.74) is 3.78. The molecule has 2 fully saturated rings. The fraction of sp³-hybridized carbons (Fsp3) is 0.346. The number of aromatic nitrogens is 3. The van der Waals surface area contributed by atoms with Gasteiger partial charge in [-0.3, -0.25) is 4.72 Å². The zero-order chi connectivity index (χ0) is 24.9. The Hall–Kier alpha value is -3.84. The number of sulfonamides is 1. The van der Waals surface area contributed by atoms with Crippen LogP contribution in [-0.2, 0) is 16.6 Å². The van der Waals surface area contributed by atoms with Gasteiger partial charge in [0.05, 0.1) is 22.0 Å². The van der Waals surface area contributed by atoms with E-state index in [1.165, 1.54) is 0 Å². The summed E-state index contributed by atoms with van der Waals surface area (Å²) in [4.78, 5) is 0. The van der Waals surface area contributed by atoms with Crippen LogP contribution in [0.3, 0.4) is 0 Å². The van der Waals surface area contributed by atoms with Gasteiger partial charge >= 0.3 is 0 Å². The van der Waals surface area contributed by atoms with E-state index in [-0.39, 0.29) is 17.9 Å². The van der Waals surface area contributed by atoms with E-state index in [2.05, 4.69) is 25.6 Å². The molecule has 2 heterocycles. The van der Waals surface area contributed by atoms with Crippen LogP contribution in [0.25, 0.3) is 22.2 Å². The number of nitrogens with zero attached hydrogens (tertiary/aromatic N) is 4. The van der Waals surface area contributed by atoms with Crippen LogP contribution < -0.4 is 9.46 Å². The molecule has 36 heavy (non-hydrogen) atoms. The first-order chi connectivity index (χ1) is 17.4. The molecule has 2 aliphatic carbocycles. The molecule has 0 unspecified atom stereocenters. The second kappa shape index (κ2) is 8.68. The van der Waals surface area contributed by atoms with Gasteiger partial charge in [0.1, 0.15) is 11.8 Å². The van der Waals surface area contributed by atoms with Crippen LogP contribution >= 0.6 is 0 Å². The van der Waals surface area contributed by atoms with E-state index in [9.17, 15) is 13.7 Å². The highest BCUT2D eigenvalue weighted by molar-refractivity contribution is 7.93. The molecule has 10 heteroatoms. The van der Waals surface area contributed by atoms with E-state index < -0.39 is 10.0 Å². The van der Waals surface area contributed by atoms with Crippen molar-refractivity contribution in [3.8, 4) is 23.1 Å². The Morgan fingerprint density at radius 2 is 1.92 bits per heavy atom. The van der Waals surface area contributed by atoms with E-state index >= 15 is 0 Å². The predicted octanol–water partition coefficient (Wildman–Crippen LogP) is 5.08. The molecular weight excluding hydrogens is 478 g/mol. The molecular formula is C26H25N5O4S. The van der Waals surface area contributed by atoms with Crippen LogP contribution in [0.4, 0.5) is 5.69 Å². The fourth-order valence-corrected chi connectivity index (χ4v) is 6.05. The summed E-state index contributed by atoms with van der Waals surface area (Å²) >= 11 is 0. The molecule has 4 aromatic rings. The molecule has 0 radical (unpaired) electrons. The largest absolute Gasteiger partial charge is 0.484 e. The number of aryl methyl sites for hydroxylation is 1. The van der Waals surface area contributed by atoms with Crippen molar-refractivity contribution in [3.05, 3.63) is 59.8 Å². The molecule has 0 spiro atoms. The third-order valence-corrected chi connectivity index (χ3v) is 8.71. The van der Waals surface area contributed by atoms with E-state index in [1.807, 2.05) is 30.3 Å². The number of nitriles is 1. The van der Waals surface area contributed by atoms with Crippen LogP contribution in [0.5, 0.6) is 5.75 Å². The Balaban J connectivity index is 1.38. The summed E-state index contributed by atoms with van der Waals surface area (Å²) in [5.74, 6) is 1.53. The zero-order valence-electron chi connectivity index (χ0n) is 19.8. The minimum absolute atomic E-state index is 0.159. The first-order valence-corrected chi connectivity index (χ1v) is 13.6. The average molecular weight is 504 g/mol. The van der Waals surface area contributed by atoms with E-state index in [1.54, 1.807) is 19.1 Å². The Bertz CT molecular complexity index is 1590. The van der Waals surface area contributed by atoms with Crippen LogP contribution in [0.2, 0.25) is 0 Å². The van der Waals surface area contributed by atoms with Crippen molar-refractivity contribution in [2.24, 2.45) is 0 Å². The smallest absolute Gasteiger partial charge is 0.253 e. The number of anilines is 1. The number of benzene rings is 2. The molecule has 2 aromatic carbocycles. The van der Waals surface area contributed by atoms with Crippen molar-refractivity contribution >= 4 is 26.6 Å². The van der Waals surface area contributed by atoms with Crippen molar-refractivity contribution in [3.63, 3.8) is 0 Å². The van der Waals surface area contributed by atoms with Crippen LogP contribution in [-0.4, -0.2) is 28.4 Å². The zero-order valence-corrected chi connectivity index (χ0v) is 20.6. The van der Waals surface area contributed by atoms with Gasteiger partial charge in [-0.2, -0.15) is 5.26 Å². The van der Waals surface area contributed by atoms with Crippen LogP contribution in [0.1, 0.15) is 55.5 Å². The molecule has 0 amide bonds. The highest BCUT2D eigenvalue weighted by Gasteiger charge is 2.35. The van der Waals surface area contributed by atoms with Gasteiger partial charge in [0, 0.05) is 30.1 Å². The lowest BCUT2D eigenvalue weighted by Gasteiger charge is -2.30. The van der Waals surface area contributed by atoms with Crippen molar-refractivity contribution in [1.29, 1.82) is 5.26 Å². The Morgan fingerprint density at radius 3 is 2.53 bits per heavy atom. The van der Waals surface area contributed by atoms with Gasteiger partial charge in [-0.05, 0) is 61.9 Å². The Morgan fingerprint density at radius 1 is 1.14 bits per heavy atom. The van der Waals surface area contributed by atoms with Gasteiger partial charge in [0.2, 0.25) is 15.9 Å². The number of rotatable bonds is 8. The number of ether oxygens (including phenoxy) is 1. The highest BCUT2D eigenvalue weighted by atomic mass is 32.2. The highest BCUT2D eigenvalue weighted by Crippen LogP contribution is 2.43. The Kier molecular flexibility index (Phi) is 5.45. The molecule has 1 N–H and O–H groups in total. The summed E-state index contributed by atoms with van der Waals surface area (Å²) in [6.07, 6.45) is 4.63. The van der Waals surface area contributed by atoms with Gasteiger partial charge in [-0.1, -0.05) is 12.1 Å². The molecule has 9 nitrogen and oxygen atoms in total. The normalized spacial score (nSPS) is 16.0. The maximum Gasteiger partial charge on any atom is 0.253 e. The predicted molar refractivity (Wildman–Crippen MR) is 134 cm³/mol. The SMILES string of the molecule is Cc1nnc(COc2ccc3c(C#N)c(-c4ccc(NS(=O)(=O)C5CC5)cc4)n(C4CCC4)c3c2)o1. The van der Waals surface area contributed by atoms with E-state index in [0.717, 1.165) is 41.4 Å². The van der Waals surface area contributed by atoms with Crippen LogP contribution in [0, 0.1) is 18.3 Å². The number of hydrogen-bond acceptors (Lipinski definition) is 7. The summed E-state index contributed by atoms with van der Waals surface area (Å²) in [5, 5.41) is 18.5. The van der Waals surface area contributed by atoms with Gasteiger partial charge < -0.3 is 13.7 Å². The topological polar surface area (TPSA) is 123 Å². The molecule has 184 valence electrons. The lowest BCUT2D eigenvalue weighted by molar-refractivity contribution is 0.260. The molecule has 2 aliphatic rings. The summed E-state index contributed by atoms with van der Waals surface area (Å²) in [7, 11) is -3.33. The van der Waals surface area contributed by atoms with E-state index in [0.29, 0.717) is 41.6 Å². The first kappa shape index (κ1) is 22.6. The molecule has 0 aliphatic heterocycles. The quantitative estimate of drug-likeness (QED) is 0.356. The van der Waals surface area contributed by atoms with Crippen molar-refractivity contribution in [1.82, 2.24) is 14.8 Å². The second-order valence-electron chi connectivity index (χ2n) is 9.40. The molecule has 0 bridgehead atoms. The molecule has 2 aromatic heterocycles. The Labute approximate surface area is 208 Å². The third-order valence-electron chi connectivity index (χ3n) is 6.84. The average Bonchev–Trinajstić information content (AvgIpc) is 3.56. The van der Waals surface area contributed by atoms with Gasteiger partial charge in [0.15, 0.2) is 6.61 Å². The number of fused-ring (bicyclic) bond motifs is 1.